The fourth-order valence-corrected chi connectivity index (χ4v) is 4.14. The summed E-state index contributed by atoms with van der Waals surface area (Å²) in [6.45, 7) is 0.213. The molecule has 0 aliphatic heterocycles. The maximum atomic E-state index is 12.9. The van der Waals surface area contributed by atoms with Crippen LogP contribution in [0.1, 0.15) is 23.8 Å². The molecule has 0 bridgehead atoms. The normalized spacial score (nSPS) is 12.3. The Morgan fingerprint density at radius 2 is 1.80 bits per heavy atom. The van der Waals surface area contributed by atoms with Gasteiger partial charge in [0.15, 0.2) is 0 Å². The predicted molar refractivity (Wildman–Crippen MR) is 113 cm³/mol. The minimum absolute atomic E-state index is 0.0569. The third-order valence-corrected chi connectivity index (χ3v) is 6.11. The van der Waals surface area contributed by atoms with Gasteiger partial charge >= 0.3 is 0 Å². The summed E-state index contributed by atoms with van der Waals surface area (Å²) < 4.78 is 38.7. The number of benzene rings is 2. The van der Waals surface area contributed by atoms with Crippen LogP contribution in [-0.4, -0.2) is 21.4 Å². The van der Waals surface area contributed by atoms with Crippen LogP contribution >= 0.6 is 11.6 Å². The van der Waals surface area contributed by atoms with Crippen molar-refractivity contribution in [2.45, 2.75) is 23.9 Å². The number of amides is 1. The monoisotopic (exact) mass is 448 g/mol. The molecule has 0 fully saturated rings. The lowest BCUT2D eigenvalue weighted by molar-refractivity contribution is -0.121. The van der Waals surface area contributed by atoms with E-state index in [0.29, 0.717) is 22.1 Å². The zero-order valence-electron chi connectivity index (χ0n) is 16.2. The van der Waals surface area contributed by atoms with Crippen molar-refractivity contribution in [2.24, 2.45) is 0 Å². The standard InChI is InChI=1S/C21H21ClN2O5S/c1-28-17-8-4-15(5-9-17)20(13-21(25)23-14-18-3-2-12-29-18)24-30(26,27)19-10-6-16(22)7-11-19/h2-12,20,24H,13-14H2,1H3,(H,23,25)/t20-/m0/s1. The largest absolute Gasteiger partial charge is 0.497 e. The van der Waals surface area contributed by atoms with E-state index in [9.17, 15) is 13.2 Å². The van der Waals surface area contributed by atoms with Crippen molar-refractivity contribution in [1.82, 2.24) is 10.0 Å². The maximum absolute atomic E-state index is 12.9. The number of halogens is 1. The lowest BCUT2D eigenvalue weighted by atomic mass is 10.0. The first kappa shape index (κ1) is 21.9. The summed E-state index contributed by atoms with van der Waals surface area (Å²) >= 11 is 5.85. The average molecular weight is 449 g/mol. The van der Waals surface area contributed by atoms with Gasteiger partial charge in [0, 0.05) is 11.4 Å². The van der Waals surface area contributed by atoms with E-state index < -0.39 is 16.1 Å². The Balaban J connectivity index is 1.79. The molecule has 7 nitrogen and oxygen atoms in total. The fourth-order valence-electron chi connectivity index (χ4n) is 2.79. The van der Waals surface area contributed by atoms with E-state index >= 15 is 0 Å². The van der Waals surface area contributed by atoms with Gasteiger partial charge in [-0.2, -0.15) is 0 Å². The van der Waals surface area contributed by atoms with Gasteiger partial charge in [-0.3, -0.25) is 4.79 Å². The molecule has 3 rings (SSSR count). The molecule has 0 spiro atoms. The van der Waals surface area contributed by atoms with Crippen molar-refractivity contribution in [1.29, 1.82) is 0 Å². The Bertz CT molecular complexity index is 1070. The van der Waals surface area contributed by atoms with Crippen LogP contribution in [-0.2, 0) is 21.4 Å². The third-order valence-electron chi connectivity index (χ3n) is 4.37. The van der Waals surface area contributed by atoms with Gasteiger partial charge in [0.05, 0.1) is 30.9 Å². The van der Waals surface area contributed by atoms with Crippen LogP contribution in [0.15, 0.2) is 76.2 Å². The first-order valence-electron chi connectivity index (χ1n) is 9.08. The van der Waals surface area contributed by atoms with E-state index in [4.69, 9.17) is 20.8 Å². The van der Waals surface area contributed by atoms with Gasteiger partial charge in [-0.05, 0) is 54.1 Å². The number of sulfonamides is 1. The molecule has 1 atom stereocenters. The number of furan rings is 1. The zero-order chi connectivity index (χ0) is 21.6. The Labute approximate surface area is 180 Å². The van der Waals surface area contributed by atoms with Crippen molar-refractivity contribution in [2.75, 3.05) is 7.11 Å². The van der Waals surface area contributed by atoms with Crippen LogP contribution < -0.4 is 14.8 Å². The molecule has 0 aliphatic carbocycles. The average Bonchev–Trinajstić information content (AvgIpc) is 3.26. The number of carbonyl (C=O) groups is 1. The second kappa shape index (κ2) is 9.80. The topological polar surface area (TPSA) is 97.6 Å². The summed E-state index contributed by atoms with van der Waals surface area (Å²) in [5.41, 5.74) is 0.626. The number of hydrogen-bond acceptors (Lipinski definition) is 5. The molecule has 2 N–H and O–H groups in total. The molecule has 9 heteroatoms. The smallest absolute Gasteiger partial charge is 0.241 e. The molecule has 0 unspecified atom stereocenters. The van der Waals surface area contributed by atoms with Crippen molar-refractivity contribution in [3.63, 3.8) is 0 Å². The Kier molecular flexibility index (Phi) is 7.15. The number of carbonyl (C=O) groups excluding carboxylic acids is 1. The molecule has 1 amide bonds. The molecule has 0 saturated carbocycles. The Hall–Kier alpha value is -2.81. The summed E-state index contributed by atoms with van der Waals surface area (Å²) in [6.07, 6.45) is 1.42. The van der Waals surface area contributed by atoms with Crippen LogP contribution in [0.5, 0.6) is 5.75 Å². The number of methoxy groups -OCH3 is 1. The quantitative estimate of drug-likeness (QED) is 0.520. The summed E-state index contributed by atoms with van der Waals surface area (Å²) in [5.74, 6) is 0.900. The van der Waals surface area contributed by atoms with Crippen molar-refractivity contribution in [3.05, 3.63) is 83.3 Å². The first-order chi connectivity index (χ1) is 14.4. The number of ether oxygens (including phenoxy) is 1. The van der Waals surface area contributed by atoms with E-state index in [-0.39, 0.29) is 23.8 Å². The molecular weight excluding hydrogens is 428 g/mol. The summed E-state index contributed by atoms with van der Waals surface area (Å²) in [7, 11) is -2.34. The van der Waals surface area contributed by atoms with Crippen LogP contribution in [0.25, 0.3) is 0 Å². The Morgan fingerprint density at radius 1 is 1.10 bits per heavy atom. The maximum Gasteiger partial charge on any atom is 0.241 e. The van der Waals surface area contributed by atoms with Gasteiger partial charge in [-0.15, -0.1) is 0 Å². The predicted octanol–water partition coefficient (Wildman–Crippen LogP) is 3.67. The van der Waals surface area contributed by atoms with E-state index in [1.165, 1.54) is 37.6 Å². The molecule has 2 aromatic carbocycles. The Morgan fingerprint density at radius 3 is 2.40 bits per heavy atom. The summed E-state index contributed by atoms with van der Waals surface area (Å²) in [6, 6.07) is 15.3. The second-order valence-electron chi connectivity index (χ2n) is 6.46. The molecule has 0 radical (unpaired) electrons. The second-order valence-corrected chi connectivity index (χ2v) is 8.61. The van der Waals surface area contributed by atoms with E-state index in [1.54, 1.807) is 36.4 Å². The lowest BCUT2D eigenvalue weighted by Gasteiger charge is -2.19. The highest BCUT2D eigenvalue weighted by Crippen LogP contribution is 2.23. The van der Waals surface area contributed by atoms with Gasteiger partial charge in [-0.1, -0.05) is 23.7 Å². The molecule has 0 saturated heterocycles. The van der Waals surface area contributed by atoms with Crippen molar-refractivity contribution >= 4 is 27.5 Å². The minimum atomic E-state index is -3.88. The van der Waals surface area contributed by atoms with Gasteiger partial charge in [0.1, 0.15) is 11.5 Å². The SMILES string of the molecule is COc1ccc([C@H](CC(=O)NCc2ccco2)NS(=O)(=O)c2ccc(Cl)cc2)cc1. The van der Waals surface area contributed by atoms with Crippen LogP contribution in [0.4, 0.5) is 0 Å². The van der Waals surface area contributed by atoms with Crippen LogP contribution in [0.3, 0.4) is 0 Å². The fraction of sp³-hybridized carbons (Fsp3) is 0.190. The molecular formula is C21H21ClN2O5S. The molecule has 1 heterocycles. The number of nitrogens with one attached hydrogen (secondary N) is 2. The van der Waals surface area contributed by atoms with Gasteiger partial charge in [0.25, 0.3) is 0 Å². The van der Waals surface area contributed by atoms with Gasteiger partial charge < -0.3 is 14.5 Å². The van der Waals surface area contributed by atoms with E-state index in [0.717, 1.165) is 0 Å². The van der Waals surface area contributed by atoms with Crippen LogP contribution in [0, 0.1) is 0 Å². The van der Waals surface area contributed by atoms with Gasteiger partial charge in [-0.25, -0.2) is 13.1 Å². The lowest BCUT2D eigenvalue weighted by Crippen LogP contribution is -2.33. The third kappa shape index (κ3) is 5.85. The van der Waals surface area contributed by atoms with E-state index in [2.05, 4.69) is 10.0 Å². The number of hydrogen-bond donors (Lipinski definition) is 2. The molecule has 30 heavy (non-hydrogen) atoms. The first-order valence-corrected chi connectivity index (χ1v) is 10.9. The summed E-state index contributed by atoms with van der Waals surface area (Å²) in [4.78, 5) is 12.5. The van der Waals surface area contributed by atoms with Crippen molar-refractivity contribution < 1.29 is 22.4 Å². The highest BCUT2D eigenvalue weighted by Gasteiger charge is 2.24. The summed E-state index contributed by atoms with van der Waals surface area (Å²) in [5, 5.41) is 3.16. The molecule has 158 valence electrons. The molecule has 3 aromatic rings. The van der Waals surface area contributed by atoms with Crippen molar-refractivity contribution in [3.8, 4) is 5.75 Å². The van der Waals surface area contributed by atoms with E-state index in [1.807, 2.05) is 0 Å². The minimum Gasteiger partial charge on any atom is -0.497 e. The van der Waals surface area contributed by atoms with Crippen LogP contribution in [0.2, 0.25) is 5.02 Å². The molecule has 0 aliphatic rings. The highest BCUT2D eigenvalue weighted by atomic mass is 35.5. The zero-order valence-corrected chi connectivity index (χ0v) is 17.7. The van der Waals surface area contributed by atoms with Gasteiger partial charge in [0.2, 0.25) is 15.9 Å². The number of rotatable bonds is 9. The highest BCUT2D eigenvalue weighted by molar-refractivity contribution is 7.89. The molecule has 1 aromatic heterocycles.